The number of aliphatic hydroxyl groups is 1. The second-order valence-electron chi connectivity index (χ2n) is 5.31. The highest BCUT2D eigenvalue weighted by Crippen LogP contribution is 2.44. The van der Waals surface area contributed by atoms with Crippen LogP contribution in [0.2, 0.25) is 0 Å². The monoisotopic (exact) mass is 244 g/mol. The number of carbonyl (C=O) groups excluding carboxylic acids is 1. The molecule has 1 saturated heterocycles. The molecule has 0 radical (unpaired) electrons. The van der Waals surface area contributed by atoms with E-state index in [4.69, 9.17) is 14.2 Å². The van der Waals surface area contributed by atoms with Gasteiger partial charge in [-0.1, -0.05) is 0 Å². The summed E-state index contributed by atoms with van der Waals surface area (Å²) in [6.45, 7) is 5.54. The number of hydrogen-bond acceptors (Lipinski definition) is 5. The van der Waals surface area contributed by atoms with E-state index in [1.54, 1.807) is 0 Å². The maximum absolute atomic E-state index is 10.8. The highest BCUT2D eigenvalue weighted by molar-refractivity contribution is 5.65. The maximum atomic E-state index is 10.8. The fourth-order valence-electron chi connectivity index (χ4n) is 2.77. The van der Waals surface area contributed by atoms with Crippen LogP contribution in [0.4, 0.5) is 0 Å². The summed E-state index contributed by atoms with van der Waals surface area (Å²) in [5.41, 5.74) is 0. The Hall–Kier alpha value is -0.650. The van der Waals surface area contributed by atoms with E-state index >= 15 is 0 Å². The maximum Gasteiger partial charge on any atom is 0.302 e. The molecule has 2 rings (SSSR count). The number of fused-ring (bicyclic) bond motifs is 1. The second kappa shape index (κ2) is 4.55. The van der Waals surface area contributed by atoms with E-state index in [2.05, 4.69) is 0 Å². The van der Waals surface area contributed by atoms with Gasteiger partial charge in [0.1, 0.15) is 0 Å². The zero-order valence-electron chi connectivity index (χ0n) is 10.5. The largest absolute Gasteiger partial charge is 0.465 e. The molecule has 2 aliphatic rings. The molecule has 0 spiro atoms. The highest BCUT2D eigenvalue weighted by atomic mass is 16.8. The lowest BCUT2D eigenvalue weighted by Gasteiger charge is -2.22. The van der Waals surface area contributed by atoms with E-state index in [1.807, 2.05) is 13.8 Å². The van der Waals surface area contributed by atoms with Crippen LogP contribution in [-0.2, 0) is 19.0 Å². The van der Waals surface area contributed by atoms with Gasteiger partial charge in [-0.3, -0.25) is 4.79 Å². The van der Waals surface area contributed by atoms with Crippen LogP contribution in [0, 0.1) is 11.8 Å². The van der Waals surface area contributed by atoms with Crippen molar-refractivity contribution in [3.63, 3.8) is 0 Å². The molecule has 98 valence electrons. The SMILES string of the molecule is CC(=O)OC[C@@H]1C[C@H](CO)[C@H]2OC(C)(C)O[C@@H]12. The minimum absolute atomic E-state index is 0.0716. The molecule has 1 aliphatic heterocycles. The molecule has 5 heteroatoms. The van der Waals surface area contributed by atoms with Crippen LogP contribution in [0.5, 0.6) is 0 Å². The van der Waals surface area contributed by atoms with Crippen LogP contribution in [0.1, 0.15) is 27.2 Å². The van der Waals surface area contributed by atoms with Crippen LogP contribution >= 0.6 is 0 Å². The zero-order chi connectivity index (χ0) is 12.6. The highest BCUT2D eigenvalue weighted by Gasteiger charge is 2.53. The molecule has 1 aliphatic carbocycles. The smallest absolute Gasteiger partial charge is 0.302 e. The summed E-state index contributed by atoms with van der Waals surface area (Å²) in [6.07, 6.45) is 0.604. The number of carbonyl (C=O) groups is 1. The van der Waals surface area contributed by atoms with Crippen molar-refractivity contribution in [2.24, 2.45) is 11.8 Å². The van der Waals surface area contributed by atoms with Gasteiger partial charge in [0.2, 0.25) is 0 Å². The lowest BCUT2D eigenvalue weighted by molar-refractivity contribution is -0.166. The Morgan fingerprint density at radius 1 is 1.35 bits per heavy atom. The summed E-state index contributed by atoms with van der Waals surface area (Å²) in [4.78, 5) is 10.8. The van der Waals surface area contributed by atoms with Gasteiger partial charge in [0.25, 0.3) is 0 Å². The molecule has 1 N–H and O–H groups in total. The van der Waals surface area contributed by atoms with Crippen molar-refractivity contribution in [2.45, 2.75) is 45.2 Å². The molecular formula is C12H20O5. The van der Waals surface area contributed by atoms with Gasteiger partial charge >= 0.3 is 5.97 Å². The van der Waals surface area contributed by atoms with E-state index in [0.717, 1.165) is 6.42 Å². The summed E-state index contributed by atoms with van der Waals surface area (Å²) >= 11 is 0. The fraction of sp³-hybridized carbons (Fsp3) is 0.917. The van der Waals surface area contributed by atoms with Gasteiger partial charge in [0, 0.05) is 25.4 Å². The summed E-state index contributed by atoms with van der Waals surface area (Å²) in [5.74, 6) is -0.713. The van der Waals surface area contributed by atoms with Gasteiger partial charge in [0.15, 0.2) is 5.79 Å². The van der Waals surface area contributed by atoms with Crippen LogP contribution in [-0.4, -0.2) is 42.3 Å². The number of aliphatic hydroxyl groups excluding tert-OH is 1. The molecule has 1 heterocycles. The molecule has 4 atom stereocenters. The van der Waals surface area contributed by atoms with Crippen molar-refractivity contribution in [3.8, 4) is 0 Å². The average Bonchev–Trinajstić information content (AvgIpc) is 2.68. The molecule has 2 fully saturated rings. The van der Waals surface area contributed by atoms with E-state index in [9.17, 15) is 9.90 Å². The molecule has 0 aromatic heterocycles. The van der Waals surface area contributed by atoms with E-state index in [0.29, 0.717) is 6.61 Å². The summed E-state index contributed by atoms with van der Waals surface area (Å²) in [6, 6.07) is 0. The third-order valence-electron chi connectivity index (χ3n) is 3.43. The Bertz CT molecular complexity index is 301. The summed E-state index contributed by atoms with van der Waals surface area (Å²) in [7, 11) is 0. The first-order valence-electron chi connectivity index (χ1n) is 6.03. The Kier molecular flexibility index (Phi) is 3.43. The fourth-order valence-corrected chi connectivity index (χ4v) is 2.77. The van der Waals surface area contributed by atoms with Crippen molar-refractivity contribution in [3.05, 3.63) is 0 Å². The Balaban J connectivity index is 2.02. The average molecular weight is 244 g/mol. The van der Waals surface area contributed by atoms with Gasteiger partial charge in [-0.2, -0.15) is 0 Å². The first-order valence-corrected chi connectivity index (χ1v) is 6.03. The zero-order valence-corrected chi connectivity index (χ0v) is 10.5. The van der Waals surface area contributed by atoms with Gasteiger partial charge in [-0.15, -0.1) is 0 Å². The minimum atomic E-state index is -0.613. The van der Waals surface area contributed by atoms with Crippen molar-refractivity contribution < 1.29 is 24.1 Å². The van der Waals surface area contributed by atoms with E-state index in [-0.39, 0.29) is 36.6 Å². The first-order chi connectivity index (χ1) is 7.93. The standard InChI is InChI=1S/C12H20O5/c1-7(14)15-6-9-4-8(5-13)10-11(9)17-12(2,3)16-10/h8-11,13H,4-6H2,1-3H3/t8-,9+,10-,11+/m1/s1. The molecule has 17 heavy (non-hydrogen) atoms. The third kappa shape index (κ3) is 2.61. The van der Waals surface area contributed by atoms with Crippen molar-refractivity contribution >= 4 is 5.97 Å². The quantitative estimate of drug-likeness (QED) is 0.740. The lowest BCUT2D eigenvalue weighted by Crippen LogP contribution is -2.28. The number of esters is 1. The molecule has 0 unspecified atom stereocenters. The third-order valence-corrected chi connectivity index (χ3v) is 3.43. The number of ether oxygens (including phenoxy) is 3. The van der Waals surface area contributed by atoms with Gasteiger partial charge in [-0.05, 0) is 20.3 Å². The Morgan fingerprint density at radius 2 is 1.94 bits per heavy atom. The van der Waals surface area contributed by atoms with Crippen LogP contribution in [0.15, 0.2) is 0 Å². The molecule has 0 aromatic rings. The van der Waals surface area contributed by atoms with Crippen LogP contribution in [0.3, 0.4) is 0 Å². The Morgan fingerprint density at radius 3 is 2.47 bits per heavy atom. The van der Waals surface area contributed by atoms with Crippen molar-refractivity contribution in [1.82, 2.24) is 0 Å². The van der Waals surface area contributed by atoms with Gasteiger partial charge < -0.3 is 19.3 Å². The molecular weight excluding hydrogens is 224 g/mol. The van der Waals surface area contributed by atoms with Gasteiger partial charge in [-0.25, -0.2) is 0 Å². The minimum Gasteiger partial charge on any atom is -0.465 e. The van der Waals surface area contributed by atoms with Crippen LogP contribution < -0.4 is 0 Å². The summed E-state index contributed by atoms with van der Waals surface area (Å²) in [5, 5.41) is 9.34. The second-order valence-corrected chi connectivity index (χ2v) is 5.31. The Labute approximate surface area is 101 Å². The van der Waals surface area contributed by atoms with Crippen molar-refractivity contribution in [1.29, 1.82) is 0 Å². The normalized spacial score (nSPS) is 39.1. The molecule has 0 bridgehead atoms. The molecule has 5 nitrogen and oxygen atoms in total. The predicted molar refractivity (Wildman–Crippen MR) is 59.1 cm³/mol. The number of rotatable bonds is 3. The topological polar surface area (TPSA) is 65.0 Å². The summed E-state index contributed by atoms with van der Waals surface area (Å²) < 4.78 is 16.7. The van der Waals surface area contributed by atoms with E-state index in [1.165, 1.54) is 6.92 Å². The first kappa shape index (κ1) is 12.8. The number of hydrogen-bond donors (Lipinski definition) is 1. The van der Waals surface area contributed by atoms with E-state index < -0.39 is 5.79 Å². The molecule has 0 amide bonds. The van der Waals surface area contributed by atoms with Gasteiger partial charge in [0.05, 0.1) is 18.8 Å². The van der Waals surface area contributed by atoms with Crippen molar-refractivity contribution in [2.75, 3.05) is 13.2 Å². The predicted octanol–water partition coefficient (Wildman–Crippen LogP) is 0.698. The molecule has 1 saturated carbocycles. The van der Waals surface area contributed by atoms with Crippen LogP contribution in [0.25, 0.3) is 0 Å². The lowest BCUT2D eigenvalue weighted by atomic mass is 10.1. The molecule has 0 aromatic carbocycles.